The Morgan fingerprint density at radius 1 is 1.33 bits per heavy atom. The Hall–Kier alpha value is -2.38. The fourth-order valence-corrected chi connectivity index (χ4v) is 2.17. The second-order valence-corrected chi connectivity index (χ2v) is 5.13. The van der Waals surface area contributed by atoms with Crippen molar-refractivity contribution in [2.24, 2.45) is 0 Å². The van der Waals surface area contributed by atoms with Gasteiger partial charge in [0.25, 0.3) is 0 Å². The van der Waals surface area contributed by atoms with Gasteiger partial charge in [-0.15, -0.1) is 0 Å². The van der Waals surface area contributed by atoms with Crippen LogP contribution in [-0.4, -0.2) is 19.1 Å². The van der Waals surface area contributed by atoms with Crippen LogP contribution in [0.3, 0.4) is 0 Å². The predicted molar refractivity (Wildman–Crippen MR) is 85.0 cm³/mol. The van der Waals surface area contributed by atoms with E-state index in [-0.39, 0.29) is 0 Å². The summed E-state index contributed by atoms with van der Waals surface area (Å²) in [6.45, 7) is 2.84. The summed E-state index contributed by atoms with van der Waals surface area (Å²) >= 11 is 0. The highest BCUT2D eigenvalue weighted by atomic mass is 15.2. The van der Waals surface area contributed by atoms with E-state index in [2.05, 4.69) is 34.3 Å². The summed E-state index contributed by atoms with van der Waals surface area (Å²) in [5.41, 5.74) is 3.00. The number of rotatable bonds is 5. The molecule has 0 aliphatic rings. The van der Waals surface area contributed by atoms with E-state index in [4.69, 9.17) is 5.26 Å². The highest BCUT2D eigenvalue weighted by molar-refractivity contribution is 5.43. The van der Waals surface area contributed by atoms with Crippen molar-refractivity contribution in [3.63, 3.8) is 0 Å². The predicted octanol–water partition coefficient (Wildman–Crippen LogP) is 2.87. The Bertz CT molecular complexity index is 645. The Kier molecular flexibility index (Phi) is 4.91. The Balaban J connectivity index is 2.16. The van der Waals surface area contributed by atoms with Crippen LogP contribution in [-0.2, 0) is 6.54 Å². The largest absolute Gasteiger partial charge is 0.355 e. The summed E-state index contributed by atoms with van der Waals surface area (Å²) < 4.78 is 0. The van der Waals surface area contributed by atoms with E-state index < -0.39 is 0 Å². The molecule has 0 spiro atoms. The van der Waals surface area contributed by atoms with Crippen LogP contribution < -0.4 is 10.2 Å². The zero-order valence-corrected chi connectivity index (χ0v) is 12.7. The molecule has 2 aromatic rings. The van der Waals surface area contributed by atoms with Crippen LogP contribution in [0.5, 0.6) is 0 Å². The van der Waals surface area contributed by atoms with Crippen LogP contribution in [0.25, 0.3) is 0 Å². The number of hydrogen-bond donors (Lipinski definition) is 1. The highest BCUT2D eigenvalue weighted by Gasteiger charge is 2.08. The standard InChI is InChI=1S/C17H20N4/c1-13(19-2)16-7-8-20-17(10-16)21(3)12-15-6-4-5-14(9-15)11-18/h4-10,13,19H,12H2,1-3H3. The number of pyridine rings is 1. The number of nitriles is 1. The normalized spacial score (nSPS) is 11.7. The van der Waals surface area contributed by atoms with E-state index in [0.29, 0.717) is 11.6 Å². The van der Waals surface area contributed by atoms with Crippen molar-refractivity contribution in [3.8, 4) is 6.07 Å². The van der Waals surface area contributed by atoms with Crippen LogP contribution in [0.1, 0.15) is 29.7 Å². The summed E-state index contributed by atoms with van der Waals surface area (Å²) in [5, 5.41) is 12.2. The molecule has 1 aromatic carbocycles. The molecule has 0 saturated carbocycles. The van der Waals surface area contributed by atoms with Crippen molar-refractivity contribution >= 4 is 5.82 Å². The molecule has 0 bridgehead atoms. The lowest BCUT2D eigenvalue weighted by Crippen LogP contribution is -2.19. The van der Waals surface area contributed by atoms with Crippen molar-refractivity contribution in [2.75, 3.05) is 19.0 Å². The summed E-state index contributed by atoms with van der Waals surface area (Å²) in [6, 6.07) is 14.2. The third-order valence-electron chi connectivity index (χ3n) is 3.57. The van der Waals surface area contributed by atoms with Gasteiger partial charge in [0.2, 0.25) is 0 Å². The first-order valence-electron chi connectivity index (χ1n) is 6.97. The summed E-state index contributed by atoms with van der Waals surface area (Å²) in [6.07, 6.45) is 1.83. The van der Waals surface area contributed by atoms with Gasteiger partial charge in [-0.25, -0.2) is 4.98 Å². The van der Waals surface area contributed by atoms with Gasteiger partial charge in [0, 0.05) is 25.8 Å². The minimum Gasteiger partial charge on any atom is -0.355 e. The van der Waals surface area contributed by atoms with Crippen molar-refractivity contribution < 1.29 is 0 Å². The molecule has 2 rings (SSSR count). The lowest BCUT2D eigenvalue weighted by Gasteiger charge is -2.20. The average Bonchev–Trinajstić information content (AvgIpc) is 2.54. The fourth-order valence-electron chi connectivity index (χ4n) is 2.17. The van der Waals surface area contributed by atoms with E-state index >= 15 is 0 Å². The molecule has 0 aliphatic heterocycles. The van der Waals surface area contributed by atoms with Crippen molar-refractivity contribution in [1.82, 2.24) is 10.3 Å². The van der Waals surface area contributed by atoms with Gasteiger partial charge in [0.15, 0.2) is 0 Å². The lowest BCUT2D eigenvalue weighted by molar-refractivity contribution is 0.651. The number of nitrogens with zero attached hydrogens (tertiary/aromatic N) is 3. The molecule has 4 nitrogen and oxygen atoms in total. The van der Waals surface area contributed by atoms with E-state index in [1.807, 2.05) is 50.6 Å². The minimum absolute atomic E-state index is 0.294. The molecule has 1 aromatic heterocycles. The molecule has 108 valence electrons. The molecular weight excluding hydrogens is 260 g/mol. The topological polar surface area (TPSA) is 52.0 Å². The Morgan fingerprint density at radius 3 is 2.86 bits per heavy atom. The summed E-state index contributed by atoms with van der Waals surface area (Å²) in [7, 11) is 3.96. The molecule has 0 saturated heterocycles. The molecule has 1 atom stereocenters. The number of hydrogen-bond acceptors (Lipinski definition) is 4. The highest BCUT2D eigenvalue weighted by Crippen LogP contribution is 2.18. The zero-order chi connectivity index (χ0) is 15.2. The second kappa shape index (κ2) is 6.87. The molecule has 0 fully saturated rings. The fraction of sp³-hybridized carbons (Fsp3) is 0.294. The van der Waals surface area contributed by atoms with Crippen LogP contribution in [0.4, 0.5) is 5.82 Å². The molecule has 0 aliphatic carbocycles. The first-order valence-corrected chi connectivity index (χ1v) is 6.97. The first kappa shape index (κ1) is 15.0. The smallest absolute Gasteiger partial charge is 0.128 e. The molecular formula is C17H20N4. The second-order valence-electron chi connectivity index (χ2n) is 5.13. The number of nitrogens with one attached hydrogen (secondary N) is 1. The van der Waals surface area contributed by atoms with Gasteiger partial charge < -0.3 is 10.2 Å². The molecule has 21 heavy (non-hydrogen) atoms. The Morgan fingerprint density at radius 2 is 2.14 bits per heavy atom. The monoisotopic (exact) mass is 280 g/mol. The third kappa shape index (κ3) is 3.80. The number of benzene rings is 1. The number of aromatic nitrogens is 1. The van der Waals surface area contributed by atoms with E-state index in [1.165, 1.54) is 5.56 Å². The first-order chi connectivity index (χ1) is 10.1. The Labute approximate surface area is 126 Å². The van der Waals surface area contributed by atoms with Crippen LogP contribution >= 0.6 is 0 Å². The molecule has 0 radical (unpaired) electrons. The maximum absolute atomic E-state index is 8.95. The van der Waals surface area contributed by atoms with Crippen molar-refractivity contribution in [1.29, 1.82) is 5.26 Å². The quantitative estimate of drug-likeness (QED) is 0.915. The molecule has 4 heteroatoms. The van der Waals surface area contributed by atoms with Crippen molar-refractivity contribution in [3.05, 3.63) is 59.3 Å². The van der Waals surface area contributed by atoms with Gasteiger partial charge in [-0.3, -0.25) is 0 Å². The van der Waals surface area contributed by atoms with E-state index in [9.17, 15) is 0 Å². The lowest BCUT2D eigenvalue weighted by atomic mass is 10.1. The summed E-state index contributed by atoms with van der Waals surface area (Å²) in [5.74, 6) is 0.928. The van der Waals surface area contributed by atoms with Crippen LogP contribution in [0.2, 0.25) is 0 Å². The number of anilines is 1. The SMILES string of the molecule is CNC(C)c1ccnc(N(C)Cc2cccc(C#N)c2)c1. The van der Waals surface area contributed by atoms with Gasteiger partial charge in [-0.1, -0.05) is 12.1 Å². The van der Waals surface area contributed by atoms with E-state index in [0.717, 1.165) is 17.9 Å². The van der Waals surface area contributed by atoms with Gasteiger partial charge in [-0.2, -0.15) is 5.26 Å². The van der Waals surface area contributed by atoms with Crippen LogP contribution in [0.15, 0.2) is 42.6 Å². The average molecular weight is 280 g/mol. The van der Waals surface area contributed by atoms with E-state index in [1.54, 1.807) is 0 Å². The summed E-state index contributed by atoms with van der Waals surface area (Å²) in [4.78, 5) is 6.51. The van der Waals surface area contributed by atoms with Gasteiger partial charge in [0.05, 0.1) is 11.6 Å². The van der Waals surface area contributed by atoms with Crippen molar-refractivity contribution in [2.45, 2.75) is 19.5 Å². The van der Waals surface area contributed by atoms with Crippen LogP contribution in [0, 0.1) is 11.3 Å². The molecule has 1 unspecified atom stereocenters. The van der Waals surface area contributed by atoms with Gasteiger partial charge >= 0.3 is 0 Å². The minimum atomic E-state index is 0.294. The maximum Gasteiger partial charge on any atom is 0.128 e. The molecule has 1 N–H and O–H groups in total. The van der Waals surface area contributed by atoms with Gasteiger partial charge in [-0.05, 0) is 49.4 Å². The zero-order valence-electron chi connectivity index (χ0n) is 12.7. The third-order valence-corrected chi connectivity index (χ3v) is 3.57. The molecule has 0 amide bonds. The maximum atomic E-state index is 8.95. The van der Waals surface area contributed by atoms with Gasteiger partial charge in [0.1, 0.15) is 5.82 Å². The molecule has 1 heterocycles.